The minimum Gasteiger partial charge on any atom is -0.479 e. The Labute approximate surface area is 64.4 Å². The van der Waals surface area contributed by atoms with Gasteiger partial charge in [0.2, 0.25) is 5.67 Å². The summed E-state index contributed by atoms with van der Waals surface area (Å²) >= 11 is 0. The molecule has 0 aromatic heterocycles. The fourth-order valence-corrected chi connectivity index (χ4v) is 2.52. The van der Waals surface area contributed by atoms with Gasteiger partial charge in [0.25, 0.3) is 0 Å². The molecule has 0 aromatic rings. The fourth-order valence-electron chi connectivity index (χ4n) is 2.52. The number of carboxylic acids is 1. The third-order valence-electron chi connectivity index (χ3n) is 3.13. The van der Waals surface area contributed by atoms with E-state index in [-0.39, 0.29) is 12.3 Å². The van der Waals surface area contributed by atoms with Crippen LogP contribution in [0.1, 0.15) is 25.7 Å². The van der Waals surface area contributed by atoms with Gasteiger partial charge in [-0.3, -0.25) is 0 Å². The zero-order chi connectivity index (χ0) is 8.06. The SMILES string of the molecule is O=C(O)[C@@]1(F)C[C@H]2CC[C@@H]1C2. The molecule has 62 valence electrons. The molecule has 0 amide bonds. The topological polar surface area (TPSA) is 37.3 Å². The molecule has 2 aliphatic rings. The molecule has 0 unspecified atom stereocenters. The fraction of sp³-hybridized carbons (Fsp3) is 0.875. The van der Waals surface area contributed by atoms with Crippen LogP contribution < -0.4 is 0 Å². The maximum Gasteiger partial charge on any atom is 0.341 e. The monoisotopic (exact) mass is 158 g/mol. The lowest BCUT2D eigenvalue weighted by atomic mass is 9.86. The molecule has 0 radical (unpaired) electrons. The van der Waals surface area contributed by atoms with E-state index in [4.69, 9.17) is 5.11 Å². The smallest absolute Gasteiger partial charge is 0.341 e. The van der Waals surface area contributed by atoms with Crippen molar-refractivity contribution in [2.45, 2.75) is 31.4 Å². The number of aliphatic carboxylic acids is 1. The predicted molar refractivity (Wildman–Crippen MR) is 36.9 cm³/mol. The molecule has 2 nitrogen and oxygen atoms in total. The van der Waals surface area contributed by atoms with Crippen LogP contribution in [0.5, 0.6) is 0 Å². The number of fused-ring (bicyclic) bond motifs is 2. The summed E-state index contributed by atoms with van der Waals surface area (Å²) in [5.41, 5.74) is -1.87. The summed E-state index contributed by atoms with van der Waals surface area (Å²) in [7, 11) is 0. The standard InChI is InChI=1S/C8H11FO2/c9-8(7(10)11)4-5-1-2-6(8)3-5/h5-6H,1-4H2,(H,10,11)/t5-,6+,8+/m0/s1. The van der Waals surface area contributed by atoms with Gasteiger partial charge in [-0.25, -0.2) is 9.18 Å². The number of hydrogen-bond acceptors (Lipinski definition) is 1. The molecule has 0 spiro atoms. The summed E-state index contributed by atoms with van der Waals surface area (Å²) in [6.45, 7) is 0. The van der Waals surface area contributed by atoms with Gasteiger partial charge in [-0.15, -0.1) is 0 Å². The van der Waals surface area contributed by atoms with Gasteiger partial charge in [-0.05, 0) is 31.6 Å². The van der Waals surface area contributed by atoms with Gasteiger partial charge in [-0.1, -0.05) is 0 Å². The molecular formula is C8H11FO2. The van der Waals surface area contributed by atoms with Gasteiger partial charge in [-0.2, -0.15) is 0 Å². The van der Waals surface area contributed by atoms with E-state index in [0.717, 1.165) is 19.3 Å². The van der Waals surface area contributed by atoms with Gasteiger partial charge < -0.3 is 5.11 Å². The molecule has 0 aromatic carbocycles. The molecule has 2 aliphatic carbocycles. The first-order chi connectivity index (χ1) is 5.13. The first-order valence-electron chi connectivity index (χ1n) is 4.05. The molecule has 0 heterocycles. The predicted octanol–water partition coefficient (Wildman–Crippen LogP) is 1.60. The highest BCUT2D eigenvalue weighted by Crippen LogP contribution is 2.52. The Bertz CT molecular complexity index is 204. The maximum absolute atomic E-state index is 13.5. The second-order valence-corrected chi connectivity index (χ2v) is 3.75. The summed E-state index contributed by atoms with van der Waals surface area (Å²) in [6.07, 6.45) is 2.85. The Morgan fingerprint density at radius 3 is 2.55 bits per heavy atom. The van der Waals surface area contributed by atoms with Gasteiger partial charge in [0, 0.05) is 5.92 Å². The quantitative estimate of drug-likeness (QED) is 0.629. The normalized spacial score (nSPS) is 48.1. The van der Waals surface area contributed by atoms with E-state index in [9.17, 15) is 9.18 Å². The van der Waals surface area contributed by atoms with E-state index in [1.165, 1.54) is 0 Å². The van der Waals surface area contributed by atoms with E-state index in [1.807, 2.05) is 0 Å². The lowest BCUT2D eigenvalue weighted by Crippen LogP contribution is -2.38. The highest BCUT2D eigenvalue weighted by Gasteiger charge is 2.56. The molecular weight excluding hydrogens is 147 g/mol. The Hall–Kier alpha value is -0.600. The van der Waals surface area contributed by atoms with E-state index < -0.39 is 11.6 Å². The molecule has 2 rings (SSSR count). The average molecular weight is 158 g/mol. The first-order valence-corrected chi connectivity index (χ1v) is 4.05. The Kier molecular flexibility index (Phi) is 1.26. The molecule has 3 heteroatoms. The van der Waals surface area contributed by atoms with Crippen molar-refractivity contribution in [3.05, 3.63) is 0 Å². The Morgan fingerprint density at radius 1 is 1.55 bits per heavy atom. The molecule has 1 N–H and O–H groups in total. The molecule has 2 saturated carbocycles. The average Bonchev–Trinajstić information content (AvgIpc) is 2.45. The molecule has 0 saturated heterocycles. The first kappa shape index (κ1) is 7.07. The summed E-state index contributed by atoms with van der Waals surface area (Å²) in [5, 5.41) is 8.62. The van der Waals surface area contributed by atoms with Crippen LogP contribution in [0.25, 0.3) is 0 Å². The van der Waals surface area contributed by atoms with Crippen molar-refractivity contribution in [3.8, 4) is 0 Å². The zero-order valence-electron chi connectivity index (χ0n) is 6.22. The molecule has 11 heavy (non-hydrogen) atoms. The minimum absolute atomic E-state index is 0.190. The van der Waals surface area contributed by atoms with Crippen molar-refractivity contribution >= 4 is 5.97 Å². The number of carbonyl (C=O) groups is 1. The van der Waals surface area contributed by atoms with E-state index in [0.29, 0.717) is 5.92 Å². The number of carboxylic acid groups (broad SMARTS) is 1. The number of rotatable bonds is 1. The molecule has 3 atom stereocenters. The van der Waals surface area contributed by atoms with Crippen molar-refractivity contribution in [2.24, 2.45) is 11.8 Å². The second kappa shape index (κ2) is 1.96. The van der Waals surface area contributed by atoms with E-state index in [1.54, 1.807) is 0 Å². The van der Waals surface area contributed by atoms with Crippen molar-refractivity contribution in [1.82, 2.24) is 0 Å². The van der Waals surface area contributed by atoms with Crippen LogP contribution in [0.15, 0.2) is 0 Å². The van der Waals surface area contributed by atoms with Crippen molar-refractivity contribution < 1.29 is 14.3 Å². The third-order valence-corrected chi connectivity index (χ3v) is 3.13. The highest BCUT2D eigenvalue weighted by molar-refractivity contribution is 5.78. The van der Waals surface area contributed by atoms with Crippen LogP contribution >= 0.6 is 0 Å². The summed E-state index contributed by atoms with van der Waals surface area (Å²) in [6, 6.07) is 0. The van der Waals surface area contributed by atoms with Crippen LogP contribution in [0.4, 0.5) is 4.39 Å². The summed E-state index contributed by atoms with van der Waals surface area (Å²) in [4.78, 5) is 10.5. The maximum atomic E-state index is 13.5. The second-order valence-electron chi connectivity index (χ2n) is 3.75. The van der Waals surface area contributed by atoms with Crippen LogP contribution in [-0.4, -0.2) is 16.7 Å². The van der Waals surface area contributed by atoms with Gasteiger partial charge in [0.15, 0.2) is 0 Å². The molecule has 2 fully saturated rings. The lowest BCUT2D eigenvalue weighted by molar-refractivity contribution is -0.154. The van der Waals surface area contributed by atoms with Crippen LogP contribution in [0.3, 0.4) is 0 Å². The van der Waals surface area contributed by atoms with Crippen LogP contribution in [-0.2, 0) is 4.79 Å². The molecule has 2 bridgehead atoms. The van der Waals surface area contributed by atoms with Crippen molar-refractivity contribution in [2.75, 3.05) is 0 Å². The lowest BCUT2D eigenvalue weighted by Gasteiger charge is -2.24. The van der Waals surface area contributed by atoms with Crippen LogP contribution in [0, 0.1) is 11.8 Å². The van der Waals surface area contributed by atoms with Gasteiger partial charge in [0.1, 0.15) is 0 Å². The Morgan fingerprint density at radius 2 is 2.27 bits per heavy atom. The summed E-state index contributed by atoms with van der Waals surface area (Å²) < 4.78 is 13.5. The van der Waals surface area contributed by atoms with Gasteiger partial charge >= 0.3 is 5.97 Å². The minimum atomic E-state index is -1.87. The number of alkyl halides is 1. The van der Waals surface area contributed by atoms with Crippen molar-refractivity contribution in [1.29, 1.82) is 0 Å². The highest BCUT2D eigenvalue weighted by atomic mass is 19.1. The number of halogens is 1. The van der Waals surface area contributed by atoms with E-state index >= 15 is 0 Å². The largest absolute Gasteiger partial charge is 0.479 e. The van der Waals surface area contributed by atoms with Crippen LogP contribution in [0.2, 0.25) is 0 Å². The zero-order valence-corrected chi connectivity index (χ0v) is 6.22. The molecule has 0 aliphatic heterocycles. The summed E-state index contributed by atoms with van der Waals surface area (Å²) in [5.74, 6) is -1.09. The van der Waals surface area contributed by atoms with E-state index in [2.05, 4.69) is 0 Å². The van der Waals surface area contributed by atoms with Gasteiger partial charge in [0.05, 0.1) is 0 Å². The number of hydrogen-bond donors (Lipinski definition) is 1. The van der Waals surface area contributed by atoms with Crippen molar-refractivity contribution in [3.63, 3.8) is 0 Å². The Balaban J connectivity index is 2.23. The third kappa shape index (κ3) is 0.798.